The first-order valence-electron chi connectivity index (χ1n) is 18.8. The first-order valence-corrected chi connectivity index (χ1v) is 18.8. The highest BCUT2D eigenvalue weighted by Crippen LogP contribution is 2.70. The normalized spacial score (nSPS) is 52.6. The smallest absolute Gasteiger partial charge is 0.331 e. The molecule has 6 N–H and O–H groups in total. The highest BCUT2D eigenvalue weighted by Gasteiger charge is 2.71. The third-order valence-corrected chi connectivity index (χ3v) is 14.3. The predicted molar refractivity (Wildman–Crippen MR) is 175 cm³/mol. The largest absolute Gasteiger partial charge is 0.462 e. The molecule has 0 amide bonds. The second-order valence-corrected chi connectivity index (χ2v) is 16.9. The lowest BCUT2D eigenvalue weighted by atomic mass is 9.43. The van der Waals surface area contributed by atoms with E-state index in [0.717, 1.165) is 50.5 Å². The molecule has 4 aliphatic carbocycles. The van der Waals surface area contributed by atoms with E-state index in [2.05, 4.69) is 13.8 Å². The molecule has 14 nitrogen and oxygen atoms in total. The molecular weight excluding hydrogens is 668 g/mol. The van der Waals surface area contributed by atoms with Crippen LogP contribution < -0.4 is 0 Å². The van der Waals surface area contributed by atoms with Crippen molar-refractivity contribution in [1.29, 1.82) is 0 Å². The summed E-state index contributed by atoms with van der Waals surface area (Å²) in [5.41, 5.74) is -0.856. The topological polar surface area (TPSA) is 211 Å². The SMILES string of the molecule is CC(=O)O[C@H]1C[C@]2(O)[C@@H]3CC[C@@H]4C[C@@H](O[C@H]5C[C@@H](O)[C@H](O[C@@H]6O[C@H](CO)[C@@H](O)[C@H](O)[C@H]6O)[C@@H](C)O5)CC[C@]4(C)[C@H]3CC[C@]2(C)[C@H]1C1=CC(=O)OC1. The van der Waals surface area contributed by atoms with Crippen molar-refractivity contribution in [3.63, 3.8) is 0 Å². The number of cyclic esters (lactones) is 1. The Morgan fingerprint density at radius 3 is 2.39 bits per heavy atom. The number of aliphatic hydroxyl groups is 6. The van der Waals surface area contributed by atoms with Crippen molar-refractivity contribution in [2.75, 3.05) is 13.2 Å². The summed E-state index contributed by atoms with van der Waals surface area (Å²) < 4.78 is 35.1. The van der Waals surface area contributed by atoms with Crippen LogP contribution in [0.15, 0.2) is 11.6 Å². The van der Waals surface area contributed by atoms with Gasteiger partial charge in [0.25, 0.3) is 0 Å². The Kier molecular flexibility index (Phi) is 10.2. The van der Waals surface area contributed by atoms with E-state index in [1.807, 2.05) is 0 Å². The average Bonchev–Trinajstić information content (AvgIpc) is 3.58. The molecule has 0 spiro atoms. The van der Waals surface area contributed by atoms with Crippen LogP contribution in [-0.2, 0) is 38.0 Å². The standard InChI is InChI=1S/C37H56O14/c1-17-33(51-34-32(44)31(43)30(42)26(15-38)50-34)24(40)13-28(47-17)49-21-7-9-35(3)20(12-21)5-6-23-22(35)8-10-36(4)29(19-11-27(41)46-16-19)25(48-18(2)39)14-37(23,36)45/h11,17,20-26,28-34,38,40,42-45H,5-10,12-16H2,1-4H3/t17-,20-,21+,22+,23-,24-,25+,26-,28+,29+,30-,31+,32-,33-,34+,35+,36-,37+/m1/s1. The Bertz CT molecular complexity index is 1340. The van der Waals surface area contributed by atoms with E-state index in [1.54, 1.807) is 6.92 Å². The highest BCUT2D eigenvalue weighted by atomic mass is 16.7. The molecule has 6 fully saturated rings. The fourth-order valence-corrected chi connectivity index (χ4v) is 11.7. The zero-order valence-electron chi connectivity index (χ0n) is 30.0. The Hall–Kier alpha value is -1.72. The lowest BCUT2D eigenvalue weighted by molar-refractivity contribution is -0.344. The maximum Gasteiger partial charge on any atom is 0.331 e. The van der Waals surface area contributed by atoms with Crippen molar-refractivity contribution in [2.24, 2.45) is 34.5 Å². The van der Waals surface area contributed by atoms with E-state index in [4.69, 9.17) is 28.4 Å². The molecule has 14 heteroatoms. The van der Waals surface area contributed by atoms with Gasteiger partial charge in [-0.05, 0) is 80.6 Å². The van der Waals surface area contributed by atoms with Crippen LogP contribution in [0.1, 0.15) is 85.5 Å². The Balaban J connectivity index is 0.989. The third kappa shape index (κ3) is 6.28. The zero-order valence-corrected chi connectivity index (χ0v) is 30.0. The number of hydrogen-bond acceptors (Lipinski definition) is 14. The van der Waals surface area contributed by atoms with Crippen LogP contribution in [0.25, 0.3) is 0 Å². The van der Waals surface area contributed by atoms with Crippen molar-refractivity contribution in [3.8, 4) is 0 Å². The molecule has 51 heavy (non-hydrogen) atoms. The maximum atomic E-state index is 12.8. The van der Waals surface area contributed by atoms with Crippen molar-refractivity contribution in [2.45, 2.75) is 159 Å². The second-order valence-electron chi connectivity index (χ2n) is 16.9. The third-order valence-electron chi connectivity index (χ3n) is 14.3. The van der Waals surface area contributed by atoms with Gasteiger partial charge in [0, 0.05) is 37.2 Å². The number of carbonyl (C=O) groups is 2. The first kappa shape index (κ1) is 37.6. The van der Waals surface area contributed by atoms with Gasteiger partial charge in [-0.1, -0.05) is 13.8 Å². The summed E-state index contributed by atoms with van der Waals surface area (Å²) in [4.78, 5) is 24.3. The Labute approximate surface area is 298 Å². The lowest BCUT2D eigenvalue weighted by Crippen LogP contribution is -2.62. The molecule has 288 valence electrons. The molecular formula is C37H56O14. The zero-order chi connectivity index (χ0) is 36.6. The summed E-state index contributed by atoms with van der Waals surface area (Å²) >= 11 is 0. The summed E-state index contributed by atoms with van der Waals surface area (Å²) in [7, 11) is 0. The molecule has 3 aliphatic heterocycles. The van der Waals surface area contributed by atoms with E-state index in [-0.39, 0.29) is 42.3 Å². The average molecular weight is 725 g/mol. The molecule has 4 saturated carbocycles. The number of ether oxygens (including phenoxy) is 6. The molecule has 18 atom stereocenters. The summed E-state index contributed by atoms with van der Waals surface area (Å²) in [5, 5.41) is 64.0. The fourth-order valence-electron chi connectivity index (χ4n) is 11.7. The van der Waals surface area contributed by atoms with E-state index in [0.29, 0.717) is 12.3 Å². The minimum absolute atomic E-state index is 0.0227. The summed E-state index contributed by atoms with van der Waals surface area (Å²) in [6.07, 6.45) is -3.11. The molecule has 0 unspecified atom stereocenters. The second kappa shape index (κ2) is 13.8. The van der Waals surface area contributed by atoms with Gasteiger partial charge in [0.15, 0.2) is 12.6 Å². The molecule has 0 radical (unpaired) electrons. The van der Waals surface area contributed by atoms with Crippen LogP contribution in [0.5, 0.6) is 0 Å². The van der Waals surface area contributed by atoms with E-state index >= 15 is 0 Å². The van der Waals surface area contributed by atoms with Gasteiger partial charge in [-0.2, -0.15) is 0 Å². The number of carbonyl (C=O) groups excluding carboxylic acids is 2. The van der Waals surface area contributed by atoms with Gasteiger partial charge in [-0.3, -0.25) is 4.79 Å². The molecule has 2 saturated heterocycles. The first-order chi connectivity index (χ1) is 24.1. The van der Waals surface area contributed by atoms with Crippen LogP contribution in [0.2, 0.25) is 0 Å². The van der Waals surface area contributed by atoms with Crippen LogP contribution in [0.4, 0.5) is 0 Å². The number of esters is 2. The molecule has 0 aromatic carbocycles. The molecule has 3 heterocycles. The van der Waals surface area contributed by atoms with Crippen molar-refractivity contribution >= 4 is 11.9 Å². The van der Waals surface area contributed by atoms with Gasteiger partial charge in [0.2, 0.25) is 0 Å². The van der Waals surface area contributed by atoms with E-state index in [1.165, 1.54) is 13.0 Å². The van der Waals surface area contributed by atoms with Gasteiger partial charge in [0.1, 0.15) is 43.2 Å². The number of aliphatic hydroxyl groups excluding tert-OH is 5. The number of hydrogen-bond donors (Lipinski definition) is 6. The quantitative estimate of drug-likeness (QED) is 0.159. The molecule has 0 aromatic heterocycles. The van der Waals surface area contributed by atoms with Gasteiger partial charge in [-0.25, -0.2) is 4.79 Å². The van der Waals surface area contributed by atoms with E-state index in [9.17, 15) is 40.2 Å². The summed E-state index contributed by atoms with van der Waals surface area (Å²) in [6, 6.07) is 0. The van der Waals surface area contributed by atoms with Crippen LogP contribution in [0, 0.1) is 34.5 Å². The molecule has 0 bridgehead atoms. The molecule has 7 aliphatic rings. The van der Waals surface area contributed by atoms with Gasteiger partial charge < -0.3 is 59.1 Å². The van der Waals surface area contributed by atoms with Crippen molar-refractivity contribution in [1.82, 2.24) is 0 Å². The number of fused-ring (bicyclic) bond motifs is 5. The van der Waals surface area contributed by atoms with Crippen molar-refractivity contribution < 1.29 is 68.6 Å². The summed E-state index contributed by atoms with van der Waals surface area (Å²) in [5.74, 6) is -0.416. The van der Waals surface area contributed by atoms with Gasteiger partial charge >= 0.3 is 11.9 Å². The van der Waals surface area contributed by atoms with Crippen LogP contribution in [-0.4, -0.2) is 129 Å². The Morgan fingerprint density at radius 1 is 0.961 bits per heavy atom. The molecule has 0 aromatic rings. The highest BCUT2D eigenvalue weighted by molar-refractivity contribution is 5.85. The Morgan fingerprint density at radius 2 is 1.73 bits per heavy atom. The minimum atomic E-state index is -1.59. The van der Waals surface area contributed by atoms with Crippen LogP contribution >= 0.6 is 0 Å². The predicted octanol–water partition coefficient (Wildman–Crippen LogP) is 0.851. The fraction of sp³-hybridized carbons (Fsp3) is 0.892. The van der Waals surface area contributed by atoms with Crippen LogP contribution in [0.3, 0.4) is 0 Å². The maximum absolute atomic E-state index is 12.8. The van der Waals surface area contributed by atoms with Gasteiger partial charge in [0.05, 0.1) is 30.5 Å². The minimum Gasteiger partial charge on any atom is -0.462 e. The monoisotopic (exact) mass is 724 g/mol. The molecule has 7 rings (SSSR count). The lowest BCUT2D eigenvalue weighted by Gasteiger charge is -2.63. The van der Waals surface area contributed by atoms with Gasteiger partial charge in [-0.15, -0.1) is 0 Å². The van der Waals surface area contributed by atoms with Crippen molar-refractivity contribution in [3.05, 3.63) is 11.6 Å². The van der Waals surface area contributed by atoms with E-state index < -0.39 is 91.0 Å². The summed E-state index contributed by atoms with van der Waals surface area (Å²) in [6.45, 7) is 7.16. The number of rotatable bonds is 7.